The van der Waals surface area contributed by atoms with Crippen LogP contribution in [0.4, 0.5) is 4.39 Å². The highest BCUT2D eigenvalue weighted by Crippen LogP contribution is 2.37. The van der Waals surface area contributed by atoms with E-state index in [2.05, 4.69) is 29.2 Å². The van der Waals surface area contributed by atoms with Crippen molar-refractivity contribution in [2.75, 3.05) is 32.9 Å². The lowest BCUT2D eigenvalue weighted by molar-refractivity contribution is 0.0696. The average Bonchev–Trinajstić information content (AvgIpc) is 3.04. The number of carbonyl (C=O) groups is 1. The normalized spacial score (nSPS) is 16.1. The van der Waals surface area contributed by atoms with E-state index in [-0.39, 0.29) is 13.3 Å². The fourth-order valence-electron chi connectivity index (χ4n) is 5.30. The van der Waals surface area contributed by atoms with Crippen LogP contribution in [0, 0.1) is 5.92 Å². The van der Waals surface area contributed by atoms with E-state index in [0.29, 0.717) is 17.9 Å². The van der Waals surface area contributed by atoms with Gasteiger partial charge < -0.3 is 15.1 Å². The number of carboxylic acid groups (broad SMARTS) is 1. The molecule has 0 radical (unpaired) electrons. The summed E-state index contributed by atoms with van der Waals surface area (Å²) in [4.78, 5) is 13.8. The number of nitrogens with zero attached hydrogens (tertiary/aromatic N) is 1. The Hall–Kier alpha value is -2.50. The number of fused-ring (bicyclic) bond motifs is 1. The zero-order valence-corrected chi connectivity index (χ0v) is 21.2. The molecule has 1 saturated heterocycles. The molecular formula is C30H40FNO3. The number of halogens is 1. The van der Waals surface area contributed by atoms with Gasteiger partial charge in [0, 0.05) is 26.2 Å². The molecule has 2 aliphatic rings. The number of carboxylic acids is 1. The van der Waals surface area contributed by atoms with Gasteiger partial charge in [0.05, 0.1) is 12.2 Å². The minimum Gasteiger partial charge on any atom is -0.478 e. The molecule has 4 nitrogen and oxygen atoms in total. The molecule has 0 bridgehead atoms. The maximum Gasteiger partial charge on any atom is 0.335 e. The largest absolute Gasteiger partial charge is 0.478 e. The molecule has 35 heavy (non-hydrogen) atoms. The molecule has 190 valence electrons. The van der Waals surface area contributed by atoms with Crippen LogP contribution < -0.4 is 0 Å². The maximum atomic E-state index is 12.3. The summed E-state index contributed by atoms with van der Waals surface area (Å²) in [6.07, 6.45) is 6.07. The van der Waals surface area contributed by atoms with E-state index in [1.807, 2.05) is 26.0 Å². The molecular weight excluding hydrogens is 441 g/mol. The van der Waals surface area contributed by atoms with Crippen molar-refractivity contribution >= 4 is 11.5 Å². The lowest BCUT2D eigenvalue weighted by atomic mass is 9.87. The summed E-state index contributed by atoms with van der Waals surface area (Å²) in [6, 6.07) is 14.3. The van der Waals surface area contributed by atoms with Crippen molar-refractivity contribution in [2.24, 2.45) is 5.92 Å². The van der Waals surface area contributed by atoms with E-state index in [1.165, 1.54) is 16.7 Å². The Balaban J connectivity index is 0.00000167. The van der Waals surface area contributed by atoms with Gasteiger partial charge in [-0.1, -0.05) is 49.8 Å². The third-order valence-corrected chi connectivity index (χ3v) is 6.94. The first-order chi connectivity index (χ1) is 17.1. The van der Waals surface area contributed by atoms with Gasteiger partial charge in [-0.15, -0.1) is 0 Å². The third kappa shape index (κ3) is 7.02. The van der Waals surface area contributed by atoms with Gasteiger partial charge in [0.1, 0.15) is 0 Å². The lowest BCUT2D eigenvalue weighted by Gasteiger charge is -2.39. The van der Waals surface area contributed by atoms with Gasteiger partial charge in [-0.25, -0.2) is 4.79 Å². The lowest BCUT2D eigenvalue weighted by Crippen LogP contribution is -2.47. The van der Waals surface area contributed by atoms with E-state index < -0.39 is 5.97 Å². The molecule has 4 rings (SSSR count). The molecule has 0 amide bonds. The van der Waals surface area contributed by atoms with Crippen molar-refractivity contribution in [3.63, 3.8) is 0 Å². The third-order valence-electron chi connectivity index (χ3n) is 6.94. The standard InChI is InChI=1S/C28H34FNO3.C2H6/c29-13-3-14-30-18-21(19-30)16-20-7-9-23(10-8-20)27-22(6-2-15-31)4-1-5-24-17-25(28(32)33)11-12-26(24)27;1-2/h7-12,17,21,31H,1-6,13-16,18-19H2,(H,32,33);1-2H3. The van der Waals surface area contributed by atoms with E-state index in [4.69, 9.17) is 0 Å². The first-order valence-electron chi connectivity index (χ1n) is 13.2. The summed E-state index contributed by atoms with van der Waals surface area (Å²) >= 11 is 0. The van der Waals surface area contributed by atoms with Gasteiger partial charge in [0.15, 0.2) is 0 Å². The van der Waals surface area contributed by atoms with Crippen LogP contribution in [0.1, 0.15) is 78.6 Å². The van der Waals surface area contributed by atoms with Gasteiger partial charge in [-0.2, -0.15) is 0 Å². The van der Waals surface area contributed by atoms with Crippen LogP contribution in [-0.4, -0.2) is 54.0 Å². The Morgan fingerprint density at radius 2 is 1.80 bits per heavy atom. The van der Waals surface area contributed by atoms with Crippen molar-refractivity contribution < 1.29 is 19.4 Å². The smallest absolute Gasteiger partial charge is 0.335 e. The number of aliphatic hydroxyl groups excluding tert-OH is 1. The predicted octanol–water partition coefficient (Wildman–Crippen LogP) is 6.16. The van der Waals surface area contributed by atoms with Crippen molar-refractivity contribution in [3.05, 3.63) is 75.9 Å². The molecule has 1 aliphatic heterocycles. The number of alkyl halides is 1. The number of hydrogen-bond donors (Lipinski definition) is 2. The predicted molar refractivity (Wildman–Crippen MR) is 141 cm³/mol. The molecule has 0 saturated carbocycles. The summed E-state index contributed by atoms with van der Waals surface area (Å²) in [6.45, 7) is 6.90. The topological polar surface area (TPSA) is 60.8 Å². The van der Waals surface area contributed by atoms with Crippen LogP contribution in [0.15, 0.2) is 48.0 Å². The Morgan fingerprint density at radius 1 is 1.06 bits per heavy atom. The number of hydrogen-bond acceptors (Lipinski definition) is 3. The number of aryl methyl sites for hydroxylation is 1. The minimum atomic E-state index is -0.892. The van der Waals surface area contributed by atoms with Crippen LogP contribution in [0.5, 0.6) is 0 Å². The molecule has 1 heterocycles. The zero-order chi connectivity index (χ0) is 25.2. The van der Waals surface area contributed by atoms with Gasteiger partial charge in [0.2, 0.25) is 0 Å². The van der Waals surface area contributed by atoms with Crippen molar-refractivity contribution in [2.45, 2.75) is 58.8 Å². The number of benzene rings is 2. The Labute approximate surface area is 209 Å². The molecule has 0 aromatic heterocycles. The summed E-state index contributed by atoms with van der Waals surface area (Å²) in [5.74, 6) is -0.250. The highest BCUT2D eigenvalue weighted by molar-refractivity contribution is 5.90. The van der Waals surface area contributed by atoms with Gasteiger partial charge >= 0.3 is 5.97 Å². The summed E-state index contributed by atoms with van der Waals surface area (Å²) in [5, 5.41) is 18.9. The Bertz CT molecular complexity index is 993. The molecule has 1 aliphatic carbocycles. The maximum absolute atomic E-state index is 12.3. The molecule has 0 unspecified atom stereocenters. The quantitative estimate of drug-likeness (QED) is 0.427. The summed E-state index contributed by atoms with van der Waals surface area (Å²) in [5.41, 5.74) is 7.60. The summed E-state index contributed by atoms with van der Waals surface area (Å²) < 4.78 is 12.3. The molecule has 5 heteroatoms. The van der Waals surface area contributed by atoms with Gasteiger partial charge in [-0.3, -0.25) is 4.39 Å². The number of likely N-dealkylation sites (tertiary alicyclic amines) is 1. The monoisotopic (exact) mass is 481 g/mol. The molecule has 2 aromatic rings. The Morgan fingerprint density at radius 3 is 2.46 bits per heavy atom. The van der Waals surface area contributed by atoms with Crippen LogP contribution in [0.25, 0.3) is 5.57 Å². The molecule has 0 spiro atoms. The first-order valence-corrected chi connectivity index (χ1v) is 13.2. The number of aliphatic hydroxyl groups is 1. The molecule has 2 N–H and O–H groups in total. The highest BCUT2D eigenvalue weighted by atomic mass is 19.1. The SMILES string of the molecule is CC.O=C(O)c1ccc2c(c1)CCCC(CCCO)=C2c1ccc(CC2CN(CCCF)C2)cc1. The highest BCUT2D eigenvalue weighted by Gasteiger charge is 2.26. The van der Waals surface area contributed by atoms with E-state index in [1.54, 1.807) is 6.07 Å². The van der Waals surface area contributed by atoms with Crippen LogP contribution in [0.2, 0.25) is 0 Å². The Kier molecular flexibility index (Phi) is 10.5. The van der Waals surface area contributed by atoms with E-state index in [0.717, 1.165) is 74.8 Å². The van der Waals surface area contributed by atoms with E-state index >= 15 is 0 Å². The van der Waals surface area contributed by atoms with Crippen LogP contribution >= 0.6 is 0 Å². The molecule has 1 fully saturated rings. The fraction of sp³-hybridized carbons (Fsp3) is 0.500. The number of allylic oxidation sites excluding steroid dienone is 1. The average molecular weight is 482 g/mol. The van der Waals surface area contributed by atoms with E-state index in [9.17, 15) is 19.4 Å². The molecule has 2 aromatic carbocycles. The van der Waals surface area contributed by atoms with Gasteiger partial charge in [0.25, 0.3) is 0 Å². The van der Waals surface area contributed by atoms with Crippen molar-refractivity contribution in [1.29, 1.82) is 0 Å². The minimum absolute atomic E-state index is 0.171. The second-order valence-electron chi connectivity index (χ2n) is 9.41. The second kappa shape index (κ2) is 13.6. The van der Waals surface area contributed by atoms with Crippen molar-refractivity contribution in [1.82, 2.24) is 4.90 Å². The number of rotatable bonds is 10. The molecule has 0 atom stereocenters. The van der Waals surface area contributed by atoms with Crippen LogP contribution in [-0.2, 0) is 12.8 Å². The second-order valence-corrected chi connectivity index (χ2v) is 9.41. The summed E-state index contributed by atoms with van der Waals surface area (Å²) in [7, 11) is 0. The number of aromatic carboxylic acids is 1. The van der Waals surface area contributed by atoms with Gasteiger partial charge in [-0.05, 0) is 90.8 Å². The van der Waals surface area contributed by atoms with Crippen molar-refractivity contribution in [3.8, 4) is 0 Å². The van der Waals surface area contributed by atoms with Crippen LogP contribution in [0.3, 0.4) is 0 Å². The fourth-order valence-corrected chi connectivity index (χ4v) is 5.30. The first kappa shape index (κ1) is 27.1. The zero-order valence-electron chi connectivity index (χ0n) is 21.2.